The second-order valence-corrected chi connectivity index (χ2v) is 6.33. The molecule has 2 rings (SSSR count). The molecule has 0 saturated carbocycles. The minimum absolute atomic E-state index is 0.0173. The van der Waals surface area contributed by atoms with Crippen LogP contribution in [0.3, 0.4) is 0 Å². The maximum absolute atomic E-state index is 13.7. The van der Waals surface area contributed by atoms with E-state index in [1.165, 1.54) is 31.4 Å². The van der Waals surface area contributed by atoms with Crippen LogP contribution in [-0.2, 0) is 9.53 Å². The molecule has 0 aromatic heterocycles. The van der Waals surface area contributed by atoms with Crippen LogP contribution in [0.1, 0.15) is 24.2 Å². The number of benzene rings is 2. The first-order valence-electron chi connectivity index (χ1n) is 8.18. The van der Waals surface area contributed by atoms with Gasteiger partial charge >= 0.3 is 5.97 Å². The Labute approximate surface area is 161 Å². The van der Waals surface area contributed by atoms with E-state index in [-0.39, 0.29) is 18.3 Å². The van der Waals surface area contributed by atoms with Crippen molar-refractivity contribution in [2.75, 3.05) is 24.3 Å². The van der Waals surface area contributed by atoms with E-state index in [4.69, 9.17) is 21.1 Å². The lowest BCUT2D eigenvalue weighted by Gasteiger charge is -2.16. The summed E-state index contributed by atoms with van der Waals surface area (Å²) in [5.41, 5.74) is 0.724. The van der Waals surface area contributed by atoms with E-state index in [1.807, 2.05) is 13.8 Å². The Bertz CT molecular complexity index is 842. The molecule has 0 aliphatic rings. The van der Waals surface area contributed by atoms with E-state index in [9.17, 15) is 14.0 Å². The molecule has 2 N–H and O–H groups in total. The van der Waals surface area contributed by atoms with Crippen LogP contribution >= 0.6 is 11.6 Å². The van der Waals surface area contributed by atoms with Crippen LogP contribution in [0, 0.1) is 5.82 Å². The van der Waals surface area contributed by atoms with Crippen LogP contribution in [0.4, 0.5) is 15.8 Å². The molecule has 0 saturated heterocycles. The fourth-order valence-electron chi connectivity index (χ4n) is 2.23. The van der Waals surface area contributed by atoms with Crippen LogP contribution in [0.2, 0.25) is 5.02 Å². The molecule has 0 spiro atoms. The third kappa shape index (κ3) is 5.86. The van der Waals surface area contributed by atoms with Gasteiger partial charge < -0.3 is 20.1 Å². The topological polar surface area (TPSA) is 76.7 Å². The second-order valence-electron chi connectivity index (χ2n) is 5.90. The summed E-state index contributed by atoms with van der Waals surface area (Å²) in [6, 6.07) is 8.58. The van der Waals surface area contributed by atoms with Crippen LogP contribution < -0.4 is 15.4 Å². The number of anilines is 2. The van der Waals surface area contributed by atoms with Gasteiger partial charge in [-0.15, -0.1) is 0 Å². The number of hydrogen-bond donors (Lipinski definition) is 2. The molecule has 0 aliphatic heterocycles. The molecule has 0 radical (unpaired) electrons. The van der Waals surface area contributed by atoms with Crippen molar-refractivity contribution in [1.82, 2.24) is 0 Å². The fraction of sp³-hybridized carbons (Fsp3) is 0.263. The number of carbonyl (C=O) groups excluding carboxylic acids is 2. The summed E-state index contributed by atoms with van der Waals surface area (Å²) < 4.78 is 24.1. The third-order valence-electron chi connectivity index (χ3n) is 3.41. The van der Waals surface area contributed by atoms with Crippen LogP contribution in [0.5, 0.6) is 5.75 Å². The first-order chi connectivity index (χ1) is 12.8. The zero-order valence-electron chi connectivity index (χ0n) is 15.1. The number of halogens is 2. The first kappa shape index (κ1) is 20.5. The van der Waals surface area contributed by atoms with Gasteiger partial charge in [-0.3, -0.25) is 4.79 Å². The smallest absolute Gasteiger partial charge is 0.337 e. The average Bonchev–Trinajstić information content (AvgIpc) is 2.62. The molecule has 0 fully saturated rings. The molecule has 0 bridgehead atoms. The van der Waals surface area contributed by atoms with Gasteiger partial charge in [0.05, 0.1) is 36.7 Å². The number of carbonyl (C=O) groups is 2. The minimum atomic E-state index is -0.593. The quantitative estimate of drug-likeness (QED) is 0.691. The van der Waals surface area contributed by atoms with Crippen molar-refractivity contribution in [3.05, 3.63) is 52.8 Å². The van der Waals surface area contributed by atoms with E-state index in [2.05, 4.69) is 10.6 Å². The molecule has 144 valence electrons. The average molecular weight is 395 g/mol. The monoisotopic (exact) mass is 394 g/mol. The Hall–Kier alpha value is -2.80. The fourth-order valence-corrected chi connectivity index (χ4v) is 2.40. The van der Waals surface area contributed by atoms with Crippen molar-refractivity contribution in [1.29, 1.82) is 0 Å². The highest BCUT2D eigenvalue weighted by molar-refractivity contribution is 6.30. The van der Waals surface area contributed by atoms with E-state index in [0.29, 0.717) is 22.0 Å². The minimum Gasteiger partial charge on any atom is -0.489 e. The zero-order valence-corrected chi connectivity index (χ0v) is 15.9. The predicted molar refractivity (Wildman–Crippen MR) is 102 cm³/mol. The molecule has 0 unspecified atom stereocenters. The van der Waals surface area contributed by atoms with Crippen molar-refractivity contribution in [3.8, 4) is 5.75 Å². The van der Waals surface area contributed by atoms with E-state index < -0.39 is 17.7 Å². The molecule has 1 amide bonds. The summed E-state index contributed by atoms with van der Waals surface area (Å²) in [5, 5.41) is 5.63. The number of nitrogens with one attached hydrogen (secondary N) is 2. The molecule has 6 nitrogen and oxygen atoms in total. The summed E-state index contributed by atoms with van der Waals surface area (Å²) in [4.78, 5) is 23.9. The van der Waals surface area contributed by atoms with Crippen LogP contribution in [0.25, 0.3) is 0 Å². The molecular formula is C19H20ClFN2O4. The molecule has 0 atom stereocenters. The zero-order chi connectivity index (χ0) is 20.0. The Balaban J connectivity index is 2.13. The Morgan fingerprint density at radius 2 is 1.89 bits per heavy atom. The highest BCUT2D eigenvalue weighted by atomic mass is 35.5. The van der Waals surface area contributed by atoms with Gasteiger partial charge in [-0.2, -0.15) is 0 Å². The molecule has 0 heterocycles. The van der Waals surface area contributed by atoms with Crippen molar-refractivity contribution in [2.24, 2.45) is 0 Å². The Kier molecular flexibility index (Phi) is 7.01. The maximum atomic E-state index is 13.7. The van der Waals surface area contributed by atoms with Gasteiger partial charge in [0.25, 0.3) is 0 Å². The largest absolute Gasteiger partial charge is 0.489 e. The number of esters is 1. The summed E-state index contributed by atoms with van der Waals surface area (Å²) >= 11 is 5.81. The van der Waals surface area contributed by atoms with Gasteiger partial charge in [0.2, 0.25) is 5.91 Å². The van der Waals surface area contributed by atoms with E-state index in [1.54, 1.807) is 12.1 Å². The van der Waals surface area contributed by atoms with Gasteiger partial charge in [-0.1, -0.05) is 11.6 Å². The van der Waals surface area contributed by atoms with Crippen LogP contribution in [0.15, 0.2) is 36.4 Å². The van der Waals surface area contributed by atoms with E-state index >= 15 is 0 Å². The molecular weight excluding hydrogens is 375 g/mol. The molecule has 2 aromatic carbocycles. The standard InChI is InChI=1S/C19H20ClFN2O4/c1-11(2)27-17-7-4-12(19(25)26-3)8-16(17)22-10-18(24)23-15-9-13(20)5-6-14(15)21/h4-9,11,22H,10H2,1-3H3,(H,23,24). The first-order valence-corrected chi connectivity index (χ1v) is 8.55. The van der Waals surface area contributed by atoms with Crippen molar-refractivity contribution >= 4 is 34.9 Å². The Morgan fingerprint density at radius 1 is 1.15 bits per heavy atom. The molecule has 0 aliphatic carbocycles. The molecule has 8 heteroatoms. The highest BCUT2D eigenvalue weighted by Crippen LogP contribution is 2.27. The van der Waals surface area contributed by atoms with Crippen molar-refractivity contribution < 1.29 is 23.5 Å². The summed E-state index contributed by atoms with van der Waals surface area (Å²) in [6.45, 7) is 3.53. The lowest BCUT2D eigenvalue weighted by Crippen LogP contribution is -2.23. The van der Waals surface area contributed by atoms with Gasteiger partial charge in [-0.25, -0.2) is 9.18 Å². The number of hydrogen-bond acceptors (Lipinski definition) is 5. The lowest BCUT2D eigenvalue weighted by atomic mass is 10.2. The molecule has 2 aromatic rings. The number of amides is 1. The summed E-state index contributed by atoms with van der Waals surface area (Å²) in [5.74, 6) is -1.13. The van der Waals surface area contributed by atoms with Crippen LogP contribution in [-0.4, -0.2) is 31.6 Å². The van der Waals surface area contributed by atoms with Gasteiger partial charge in [0.15, 0.2) is 0 Å². The summed E-state index contributed by atoms with van der Waals surface area (Å²) in [6.07, 6.45) is -0.107. The number of rotatable bonds is 7. The predicted octanol–water partition coefficient (Wildman–Crippen LogP) is 4.10. The number of ether oxygens (including phenoxy) is 2. The normalized spacial score (nSPS) is 10.4. The second kappa shape index (κ2) is 9.23. The summed E-state index contributed by atoms with van der Waals surface area (Å²) in [7, 11) is 1.28. The van der Waals surface area contributed by atoms with E-state index in [0.717, 1.165) is 0 Å². The van der Waals surface area contributed by atoms with Crippen molar-refractivity contribution in [2.45, 2.75) is 20.0 Å². The lowest BCUT2D eigenvalue weighted by molar-refractivity contribution is -0.114. The Morgan fingerprint density at radius 3 is 2.56 bits per heavy atom. The van der Waals surface area contributed by atoms with Crippen molar-refractivity contribution in [3.63, 3.8) is 0 Å². The highest BCUT2D eigenvalue weighted by Gasteiger charge is 2.14. The van der Waals surface area contributed by atoms with Gasteiger partial charge in [0, 0.05) is 5.02 Å². The van der Waals surface area contributed by atoms with Gasteiger partial charge in [0.1, 0.15) is 11.6 Å². The van der Waals surface area contributed by atoms with Gasteiger partial charge in [-0.05, 0) is 50.2 Å². The SMILES string of the molecule is COC(=O)c1ccc(OC(C)C)c(NCC(=O)Nc2cc(Cl)ccc2F)c1. The molecule has 27 heavy (non-hydrogen) atoms. The number of methoxy groups -OCH3 is 1. The maximum Gasteiger partial charge on any atom is 0.337 e. The third-order valence-corrected chi connectivity index (χ3v) is 3.64.